The third kappa shape index (κ3) is 90.9. The molecule has 0 aliphatic carbocycles. The molecule has 0 aromatic rings. The molecule has 0 nitrogen and oxygen atoms in total. The van der Waals surface area contributed by atoms with Crippen molar-refractivity contribution >= 4 is 217 Å². The van der Waals surface area contributed by atoms with E-state index < -0.39 is 0 Å². The van der Waals surface area contributed by atoms with Crippen molar-refractivity contribution in [3.05, 3.63) is 0 Å². The fourth-order valence-electron chi connectivity index (χ4n) is 0. The Bertz CT molecular complexity index is 12.0. The Balaban J connectivity index is 0. The van der Waals surface area contributed by atoms with Gasteiger partial charge in [0.15, 0.2) is 104 Å². The van der Waals surface area contributed by atoms with E-state index in [2.05, 4.69) is 0 Å². The molecule has 0 bridgehead atoms. The summed E-state index contributed by atoms with van der Waals surface area (Å²) in [6.45, 7) is 0. The fourth-order valence-corrected chi connectivity index (χ4v) is 0. The van der Waals surface area contributed by atoms with Crippen molar-refractivity contribution in [2.75, 3.05) is 0 Å². The predicted molar refractivity (Wildman–Crippen MR) is 94.2 cm³/mol. The third-order valence-corrected chi connectivity index (χ3v) is 0. The summed E-state index contributed by atoms with van der Waals surface area (Å²) in [7, 11) is 0. The minimum Gasteiger partial charge on any atom is 0 e. The zero-order valence-corrected chi connectivity index (χ0v) is 6.00. The van der Waals surface area contributed by atoms with Crippen LogP contribution in [-0.4, -0.2) is 217 Å². The van der Waals surface area contributed by atoms with Gasteiger partial charge in [-0.15, -0.1) is 0 Å². The second-order valence-electron chi connectivity index (χ2n) is 0. The summed E-state index contributed by atoms with van der Waals surface area (Å²) < 4.78 is 0. The summed E-state index contributed by atoms with van der Waals surface area (Å²) in [5, 5.41) is 0. The van der Waals surface area contributed by atoms with Crippen molar-refractivity contribution in [2.45, 2.75) is 0 Å². The van der Waals surface area contributed by atoms with Crippen molar-refractivity contribution in [3.63, 3.8) is 0 Å². The number of hydrogen-bond acceptors (Lipinski definition) is 0. The molecule has 0 rings (SSSR count). The van der Waals surface area contributed by atoms with Gasteiger partial charge in [0.25, 0.3) is 0 Å². The average Bonchev–Trinajstić information content (AvgIpc) is 0. The molecule has 0 N–H and O–H groups in total. The molecule has 0 aliphatic heterocycles. The Morgan fingerprint density at radius 2 is 0.167 bits per heavy atom. The Labute approximate surface area is 212 Å². The maximum atomic E-state index is 0. The summed E-state index contributed by atoms with van der Waals surface area (Å²) in [5.74, 6) is 0. The SMILES string of the molecule is [AlH3].[AlH3].[AlH3].[AlH3].[AlH3].[AlH3].[Li].[Li].[Li].[Li].[Li].[Li]. The standard InChI is InChI=1S/6Al.6Li.18H. The van der Waals surface area contributed by atoms with Crippen LogP contribution in [-0.2, 0) is 0 Å². The van der Waals surface area contributed by atoms with Crippen LogP contribution < -0.4 is 0 Å². The van der Waals surface area contributed by atoms with Gasteiger partial charge in [-0.1, -0.05) is 0 Å². The second kappa shape index (κ2) is 109. The van der Waals surface area contributed by atoms with Crippen molar-refractivity contribution in [1.29, 1.82) is 0 Å². The van der Waals surface area contributed by atoms with Crippen molar-refractivity contribution in [1.82, 2.24) is 0 Å². The molecular weight excluding hydrogens is 204 g/mol. The summed E-state index contributed by atoms with van der Waals surface area (Å²) in [4.78, 5) is 0. The average molecular weight is 222 g/mol. The van der Waals surface area contributed by atoms with Gasteiger partial charge in [-0.3, -0.25) is 0 Å². The van der Waals surface area contributed by atoms with Crippen molar-refractivity contribution in [2.24, 2.45) is 0 Å². The normalized spacial score (nSPS) is 0. The molecule has 0 saturated carbocycles. The predicted octanol–water partition coefficient (Wildman–Crippen LogP) is -9.39. The van der Waals surface area contributed by atoms with Crippen LogP contribution in [0.5, 0.6) is 0 Å². The molecular formula is H18Al6Li6. The minimum absolute atomic E-state index is 0. The molecule has 12 heavy (non-hydrogen) atoms. The van der Waals surface area contributed by atoms with E-state index in [-0.39, 0.29) is 217 Å². The van der Waals surface area contributed by atoms with Gasteiger partial charge in [0.2, 0.25) is 0 Å². The summed E-state index contributed by atoms with van der Waals surface area (Å²) in [5.41, 5.74) is 0. The molecule has 0 fully saturated rings. The fraction of sp³-hybridized carbons (Fsp3) is 0. The second-order valence-corrected chi connectivity index (χ2v) is 0. The molecule has 0 heterocycles. The molecule has 0 spiro atoms. The van der Waals surface area contributed by atoms with Crippen LogP contribution in [0.3, 0.4) is 0 Å². The molecule has 12 heteroatoms. The van der Waals surface area contributed by atoms with Gasteiger partial charge in [-0.05, 0) is 0 Å². The summed E-state index contributed by atoms with van der Waals surface area (Å²) in [6.07, 6.45) is 0. The first-order valence-corrected chi connectivity index (χ1v) is 0. The summed E-state index contributed by atoms with van der Waals surface area (Å²) >= 11 is 0. The van der Waals surface area contributed by atoms with Gasteiger partial charge in [0.05, 0.1) is 0 Å². The van der Waals surface area contributed by atoms with E-state index in [0.29, 0.717) is 0 Å². The topological polar surface area (TPSA) is 0 Å². The molecule has 42 valence electrons. The van der Waals surface area contributed by atoms with Crippen molar-refractivity contribution in [3.8, 4) is 0 Å². The maximum absolute atomic E-state index is 0. The quantitative estimate of drug-likeness (QED) is 0.357. The molecule has 0 aromatic carbocycles. The number of rotatable bonds is 0. The smallest absolute Gasteiger partial charge is 0 e. The molecule has 0 aromatic heterocycles. The molecule has 0 amide bonds. The Morgan fingerprint density at radius 3 is 0.167 bits per heavy atom. The van der Waals surface area contributed by atoms with Crippen LogP contribution in [0.1, 0.15) is 0 Å². The molecule has 0 unspecified atom stereocenters. The van der Waals surface area contributed by atoms with Gasteiger partial charge in [0, 0.05) is 113 Å². The molecule has 0 aliphatic rings. The first-order valence-electron chi connectivity index (χ1n) is 0. The van der Waals surface area contributed by atoms with Crippen molar-refractivity contribution < 1.29 is 0 Å². The van der Waals surface area contributed by atoms with E-state index in [1.807, 2.05) is 0 Å². The van der Waals surface area contributed by atoms with Crippen LogP contribution >= 0.6 is 0 Å². The minimum atomic E-state index is 0. The molecule has 0 saturated heterocycles. The molecule has 0 atom stereocenters. The Morgan fingerprint density at radius 1 is 0.167 bits per heavy atom. The molecule has 6 radical (unpaired) electrons. The first-order chi connectivity index (χ1) is 0. The van der Waals surface area contributed by atoms with E-state index in [4.69, 9.17) is 0 Å². The van der Waals surface area contributed by atoms with E-state index in [9.17, 15) is 0 Å². The first kappa shape index (κ1) is 129. The monoisotopic (exact) mass is 222 g/mol. The zero-order valence-electron chi connectivity index (χ0n) is 6.00. The number of hydrogen-bond donors (Lipinski definition) is 0. The van der Waals surface area contributed by atoms with Gasteiger partial charge in [0.1, 0.15) is 0 Å². The Kier molecular flexibility index (Phi) is 1170. The van der Waals surface area contributed by atoms with Crippen LogP contribution in [0.4, 0.5) is 0 Å². The van der Waals surface area contributed by atoms with Gasteiger partial charge < -0.3 is 0 Å². The van der Waals surface area contributed by atoms with Gasteiger partial charge in [-0.2, -0.15) is 0 Å². The van der Waals surface area contributed by atoms with Gasteiger partial charge in [-0.25, -0.2) is 0 Å². The van der Waals surface area contributed by atoms with E-state index in [0.717, 1.165) is 0 Å². The van der Waals surface area contributed by atoms with E-state index >= 15 is 0 Å². The van der Waals surface area contributed by atoms with Gasteiger partial charge >= 0.3 is 0 Å². The van der Waals surface area contributed by atoms with Crippen LogP contribution in [0, 0.1) is 0 Å². The maximum Gasteiger partial charge on any atom is 0.187 e. The Hall–Kier alpha value is 6.78. The van der Waals surface area contributed by atoms with Crippen LogP contribution in [0.25, 0.3) is 0 Å². The largest absolute Gasteiger partial charge is 0.187 e. The van der Waals surface area contributed by atoms with Crippen LogP contribution in [0.2, 0.25) is 0 Å². The third-order valence-electron chi connectivity index (χ3n) is 0. The van der Waals surface area contributed by atoms with E-state index in [1.165, 1.54) is 0 Å². The van der Waals surface area contributed by atoms with E-state index in [1.54, 1.807) is 0 Å². The summed E-state index contributed by atoms with van der Waals surface area (Å²) in [6, 6.07) is 0. The zero-order chi connectivity index (χ0) is 0. The van der Waals surface area contributed by atoms with Crippen LogP contribution in [0.15, 0.2) is 0 Å².